The third-order valence-corrected chi connectivity index (χ3v) is 4.69. The standard InChI is InChI=1S/C18H24N4O.2ClH/c1-14-20-10-12-21(14)13-16-6-4-11-22(16)18(23)9-8-15-5-2-3-7-17(15)19;;/h2-3,5,7,10,12,16H,4,6,8-9,11,13,19H2,1H3;2*1H. The fourth-order valence-electron chi connectivity index (χ4n) is 3.32. The predicted octanol–water partition coefficient (Wildman–Crippen LogP) is 3.24. The average molecular weight is 385 g/mol. The van der Waals surface area contributed by atoms with Crippen molar-refractivity contribution in [2.75, 3.05) is 12.3 Å². The van der Waals surface area contributed by atoms with E-state index < -0.39 is 0 Å². The number of aryl methyl sites for hydroxylation is 2. The van der Waals surface area contributed by atoms with Gasteiger partial charge in [-0.2, -0.15) is 0 Å². The van der Waals surface area contributed by atoms with Gasteiger partial charge in [-0.05, 0) is 37.8 Å². The summed E-state index contributed by atoms with van der Waals surface area (Å²) in [7, 11) is 0. The second kappa shape index (κ2) is 9.68. The van der Waals surface area contributed by atoms with Crippen LogP contribution in [0.3, 0.4) is 0 Å². The lowest BCUT2D eigenvalue weighted by Gasteiger charge is -2.25. The van der Waals surface area contributed by atoms with E-state index in [4.69, 9.17) is 5.73 Å². The lowest BCUT2D eigenvalue weighted by atomic mass is 10.1. The van der Waals surface area contributed by atoms with Gasteiger partial charge in [0, 0.05) is 43.6 Å². The number of hydrogen-bond acceptors (Lipinski definition) is 3. The van der Waals surface area contributed by atoms with Crippen molar-refractivity contribution in [3.05, 3.63) is 48.0 Å². The van der Waals surface area contributed by atoms with E-state index in [0.717, 1.165) is 43.0 Å². The maximum absolute atomic E-state index is 12.6. The third-order valence-electron chi connectivity index (χ3n) is 4.69. The second-order valence-electron chi connectivity index (χ2n) is 6.21. The van der Waals surface area contributed by atoms with Gasteiger partial charge in [0.25, 0.3) is 0 Å². The van der Waals surface area contributed by atoms with Crippen LogP contribution in [0.15, 0.2) is 36.7 Å². The number of carbonyl (C=O) groups is 1. The molecule has 1 aromatic heterocycles. The zero-order valence-electron chi connectivity index (χ0n) is 14.4. The largest absolute Gasteiger partial charge is 0.399 e. The summed E-state index contributed by atoms with van der Waals surface area (Å²) < 4.78 is 2.13. The number of likely N-dealkylation sites (tertiary alicyclic amines) is 1. The maximum Gasteiger partial charge on any atom is 0.223 e. The van der Waals surface area contributed by atoms with Gasteiger partial charge in [0.05, 0.1) is 0 Å². The van der Waals surface area contributed by atoms with Crippen LogP contribution in [0.1, 0.15) is 30.7 Å². The molecule has 25 heavy (non-hydrogen) atoms. The lowest BCUT2D eigenvalue weighted by Crippen LogP contribution is -2.38. The van der Waals surface area contributed by atoms with E-state index in [2.05, 4.69) is 9.55 Å². The molecular weight excluding hydrogens is 359 g/mol. The van der Waals surface area contributed by atoms with E-state index in [0.29, 0.717) is 12.8 Å². The first-order chi connectivity index (χ1) is 11.1. The van der Waals surface area contributed by atoms with Gasteiger partial charge in [-0.1, -0.05) is 18.2 Å². The summed E-state index contributed by atoms with van der Waals surface area (Å²) >= 11 is 0. The van der Waals surface area contributed by atoms with Gasteiger partial charge in [-0.15, -0.1) is 24.8 Å². The molecule has 2 heterocycles. The Hall–Kier alpha value is -1.72. The summed E-state index contributed by atoms with van der Waals surface area (Å²) in [6, 6.07) is 8.06. The van der Waals surface area contributed by atoms with Crippen LogP contribution in [0.25, 0.3) is 0 Å². The minimum Gasteiger partial charge on any atom is -0.399 e. The number of nitrogens with zero attached hydrogens (tertiary/aromatic N) is 3. The van der Waals surface area contributed by atoms with E-state index in [-0.39, 0.29) is 36.8 Å². The number of para-hydroxylation sites is 1. The molecule has 2 N–H and O–H groups in total. The maximum atomic E-state index is 12.6. The van der Waals surface area contributed by atoms with Crippen molar-refractivity contribution in [3.8, 4) is 0 Å². The number of nitrogen functional groups attached to an aromatic ring is 1. The van der Waals surface area contributed by atoms with E-state index in [1.54, 1.807) is 0 Å². The first kappa shape index (κ1) is 21.3. The molecule has 1 saturated heterocycles. The Morgan fingerprint density at radius 1 is 1.32 bits per heavy atom. The number of amides is 1. The zero-order chi connectivity index (χ0) is 16.2. The predicted molar refractivity (Wildman–Crippen MR) is 105 cm³/mol. The highest BCUT2D eigenvalue weighted by molar-refractivity contribution is 5.85. The summed E-state index contributed by atoms with van der Waals surface area (Å²) in [5.41, 5.74) is 7.79. The number of benzene rings is 1. The van der Waals surface area contributed by atoms with Gasteiger partial charge in [0.1, 0.15) is 5.82 Å². The Balaban J connectivity index is 0.00000156. The fourth-order valence-corrected chi connectivity index (χ4v) is 3.32. The number of aromatic nitrogens is 2. The Morgan fingerprint density at radius 2 is 2.08 bits per heavy atom. The molecule has 0 radical (unpaired) electrons. The Labute approximate surface area is 161 Å². The highest BCUT2D eigenvalue weighted by atomic mass is 35.5. The van der Waals surface area contributed by atoms with Crippen LogP contribution in [0.5, 0.6) is 0 Å². The smallest absolute Gasteiger partial charge is 0.223 e. The van der Waals surface area contributed by atoms with Gasteiger partial charge in [-0.25, -0.2) is 4.98 Å². The van der Waals surface area contributed by atoms with Crippen LogP contribution in [0.2, 0.25) is 0 Å². The van der Waals surface area contributed by atoms with Crippen molar-refractivity contribution in [2.45, 2.75) is 45.2 Å². The molecule has 5 nitrogen and oxygen atoms in total. The molecule has 0 bridgehead atoms. The summed E-state index contributed by atoms with van der Waals surface area (Å²) in [6.45, 7) is 3.70. The molecule has 1 aliphatic heterocycles. The Kier molecular flexibility index (Phi) is 8.26. The average Bonchev–Trinajstić information content (AvgIpc) is 3.16. The van der Waals surface area contributed by atoms with Gasteiger partial charge in [0.15, 0.2) is 0 Å². The number of hydrogen-bond donors (Lipinski definition) is 1. The molecule has 1 aromatic carbocycles. The van der Waals surface area contributed by atoms with Crippen LogP contribution in [-0.4, -0.2) is 32.9 Å². The quantitative estimate of drug-likeness (QED) is 0.804. The molecule has 0 saturated carbocycles. The monoisotopic (exact) mass is 384 g/mol. The van der Waals surface area contributed by atoms with Gasteiger partial charge < -0.3 is 15.2 Å². The molecule has 1 unspecified atom stereocenters. The molecule has 0 aliphatic carbocycles. The molecule has 1 atom stereocenters. The molecule has 1 fully saturated rings. The van der Waals surface area contributed by atoms with Crippen LogP contribution in [-0.2, 0) is 17.8 Å². The lowest BCUT2D eigenvalue weighted by molar-refractivity contribution is -0.132. The highest BCUT2D eigenvalue weighted by Crippen LogP contribution is 2.21. The van der Waals surface area contributed by atoms with Crippen molar-refractivity contribution in [1.29, 1.82) is 0 Å². The Bertz CT molecular complexity index is 689. The molecule has 1 aliphatic rings. The summed E-state index contributed by atoms with van der Waals surface area (Å²) in [4.78, 5) is 18.9. The minimum absolute atomic E-state index is 0. The van der Waals surface area contributed by atoms with Crippen molar-refractivity contribution in [3.63, 3.8) is 0 Å². The van der Waals surface area contributed by atoms with Crippen LogP contribution in [0.4, 0.5) is 5.69 Å². The number of carbonyl (C=O) groups excluding carboxylic acids is 1. The number of halogens is 2. The molecule has 7 heteroatoms. The topological polar surface area (TPSA) is 64.2 Å². The van der Waals surface area contributed by atoms with Gasteiger partial charge in [-0.3, -0.25) is 4.79 Å². The second-order valence-corrected chi connectivity index (χ2v) is 6.21. The van der Waals surface area contributed by atoms with Crippen molar-refractivity contribution in [2.24, 2.45) is 0 Å². The Morgan fingerprint density at radius 3 is 2.76 bits per heavy atom. The van der Waals surface area contributed by atoms with E-state index >= 15 is 0 Å². The third kappa shape index (κ3) is 5.13. The first-order valence-electron chi connectivity index (χ1n) is 8.25. The molecule has 0 spiro atoms. The summed E-state index contributed by atoms with van der Waals surface area (Å²) in [5, 5.41) is 0. The van der Waals surface area contributed by atoms with E-state index in [9.17, 15) is 4.79 Å². The summed E-state index contributed by atoms with van der Waals surface area (Å²) in [6.07, 6.45) is 7.18. The number of imidazole rings is 1. The van der Waals surface area contributed by atoms with Gasteiger partial charge in [0.2, 0.25) is 5.91 Å². The van der Waals surface area contributed by atoms with E-state index in [1.165, 1.54) is 0 Å². The van der Waals surface area contributed by atoms with Crippen molar-refractivity contribution >= 4 is 36.4 Å². The molecule has 1 amide bonds. The molecule has 3 rings (SSSR count). The van der Waals surface area contributed by atoms with Gasteiger partial charge >= 0.3 is 0 Å². The fraction of sp³-hybridized carbons (Fsp3) is 0.444. The first-order valence-corrected chi connectivity index (χ1v) is 8.25. The van der Waals surface area contributed by atoms with Crippen LogP contribution >= 0.6 is 24.8 Å². The number of rotatable bonds is 5. The van der Waals surface area contributed by atoms with E-state index in [1.807, 2.05) is 48.5 Å². The molecular formula is C18H26Cl2N4O. The minimum atomic E-state index is 0. The SMILES string of the molecule is Cc1nccn1CC1CCCN1C(=O)CCc1ccccc1N.Cl.Cl. The van der Waals surface area contributed by atoms with Crippen molar-refractivity contribution in [1.82, 2.24) is 14.5 Å². The normalized spacial score (nSPS) is 16.2. The van der Waals surface area contributed by atoms with Crippen LogP contribution < -0.4 is 5.73 Å². The van der Waals surface area contributed by atoms with Crippen LogP contribution in [0, 0.1) is 6.92 Å². The molecule has 2 aromatic rings. The number of anilines is 1. The highest BCUT2D eigenvalue weighted by Gasteiger charge is 2.28. The summed E-state index contributed by atoms with van der Waals surface area (Å²) in [5.74, 6) is 1.23. The van der Waals surface area contributed by atoms with Crippen molar-refractivity contribution < 1.29 is 4.79 Å². The zero-order valence-corrected chi connectivity index (χ0v) is 16.1. The number of nitrogens with two attached hydrogens (primary N) is 1. The molecule has 138 valence electrons.